The molecule has 2 heterocycles. The summed E-state index contributed by atoms with van der Waals surface area (Å²) in [5.74, 6) is 1.37. The summed E-state index contributed by atoms with van der Waals surface area (Å²) in [5, 5.41) is 0. The first-order chi connectivity index (χ1) is 6.88. The van der Waals surface area contributed by atoms with E-state index in [1.54, 1.807) is 0 Å². The van der Waals surface area contributed by atoms with Crippen molar-refractivity contribution in [2.45, 2.75) is 33.2 Å². The molecule has 0 aromatic carbocycles. The van der Waals surface area contributed by atoms with E-state index in [1.807, 2.05) is 4.90 Å². The predicted molar refractivity (Wildman–Crippen MR) is 60.6 cm³/mol. The number of nitrogens with zero attached hydrogens (tertiary/aromatic N) is 2. The summed E-state index contributed by atoms with van der Waals surface area (Å²) in [6.45, 7) is 12.7. The smallest absolute Gasteiger partial charge is 0.228 e. The van der Waals surface area contributed by atoms with E-state index >= 15 is 0 Å². The number of hydrogen-bond donors (Lipinski definition) is 0. The highest BCUT2D eigenvalue weighted by Gasteiger charge is 2.41. The second-order valence-electron chi connectivity index (χ2n) is 6.12. The van der Waals surface area contributed by atoms with Crippen LogP contribution in [0.1, 0.15) is 27.7 Å². The quantitative estimate of drug-likeness (QED) is 0.649. The summed E-state index contributed by atoms with van der Waals surface area (Å²) < 4.78 is 0. The molecule has 3 heteroatoms. The second kappa shape index (κ2) is 3.48. The maximum Gasteiger partial charge on any atom is 0.228 e. The molecule has 0 bridgehead atoms. The van der Waals surface area contributed by atoms with Crippen molar-refractivity contribution in [1.82, 2.24) is 9.80 Å². The van der Waals surface area contributed by atoms with E-state index in [1.165, 1.54) is 0 Å². The van der Waals surface area contributed by atoms with E-state index in [0.717, 1.165) is 26.2 Å². The van der Waals surface area contributed by atoms with Gasteiger partial charge in [-0.05, 0) is 26.7 Å². The summed E-state index contributed by atoms with van der Waals surface area (Å²) in [7, 11) is 0. The van der Waals surface area contributed by atoms with Gasteiger partial charge in [-0.2, -0.15) is 0 Å². The van der Waals surface area contributed by atoms with Gasteiger partial charge in [0.05, 0.1) is 5.92 Å². The summed E-state index contributed by atoms with van der Waals surface area (Å²) >= 11 is 0. The molecule has 0 radical (unpaired) electrons. The van der Waals surface area contributed by atoms with E-state index in [2.05, 4.69) is 32.6 Å². The van der Waals surface area contributed by atoms with Crippen molar-refractivity contribution in [3.8, 4) is 0 Å². The fourth-order valence-electron chi connectivity index (χ4n) is 2.32. The minimum Gasteiger partial charge on any atom is -0.342 e. The Morgan fingerprint density at radius 3 is 2.07 bits per heavy atom. The number of hydrogen-bond acceptors (Lipinski definition) is 2. The van der Waals surface area contributed by atoms with Crippen molar-refractivity contribution >= 4 is 5.91 Å². The molecule has 3 nitrogen and oxygen atoms in total. The molecule has 1 amide bonds. The van der Waals surface area contributed by atoms with Crippen LogP contribution in [0.4, 0.5) is 0 Å². The van der Waals surface area contributed by atoms with E-state index in [-0.39, 0.29) is 11.5 Å². The van der Waals surface area contributed by atoms with Gasteiger partial charge in [0, 0.05) is 31.7 Å². The Morgan fingerprint density at radius 2 is 1.67 bits per heavy atom. The average molecular weight is 210 g/mol. The van der Waals surface area contributed by atoms with Gasteiger partial charge in [-0.1, -0.05) is 6.92 Å². The summed E-state index contributed by atoms with van der Waals surface area (Å²) in [6.07, 6.45) is 0. The maximum atomic E-state index is 11.9. The molecule has 2 rings (SSSR count). The summed E-state index contributed by atoms with van der Waals surface area (Å²) in [6, 6.07) is 0. The summed E-state index contributed by atoms with van der Waals surface area (Å²) in [5.41, 5.74) is 0.221. The Morgan fingerprint density at radius 1 is 1.13 bits per heavy atom. The number of rotatable bonds is 1. The largest absolute Gasteiger partial charge is 0.342 e. The SMILES string of the molecule is CC1CN(C(=O)C2CN(C(C)(C)C)C2)C1. The Bertz CT molecular complexity index is 257. The van der Waals surface area contributed by atoms with Crippen LogP contribution >= 0.6 is 0 Å². The van der Waals surface area contributed by atoms with Crippen LogP contribution < -0.4 is 0 Å². The normalized spacial score (nSPS) is 24.9. The lowest BCUT2D eigenvalue weighted by Gasteiger charge is -2.49. The molecule has 2 fully saturated rings. The topological polar surface area (TPSA) is 23.6 Å². The molecule has 0 spiro atoms. The fraction of sp³-hybridized carbons (Fsp3) is 0.917. The van der Waals surface area contributed by atoms with Gasteiger partial charge in [-0.25, -0.2) is 0 Å². The molecule has 0 unspecified atom stereocenters. The van der Waals surface area contributed by atoms with Gasteiger partial charge in [-0.3, -0.25) is 9.69 Å². The standard InChI is InChI=1S/C12H22N2O/c1-9-5-13(6-9)11(15)10-7-14(8-10)12(2,3)4/h9-10H,5-8H2,1-4H3. The van der Waals surface area contributed by atoms with Crippen molar-refractivity contribution < 1.29 is 4.79 Å². The molecule has 0 aromatic heterocycles. The van der Waals surface area contributed by atoms with Crippen molar-refractivity contribution in [2.75, 3.05) is 26.2 Å². The molecule has 0 aromatic rings. The molecule has 15 heavy (non-hydrogen) atoms. The Balaban J connectivity index is 1.77. The minimum absolute atomic E-state index is 0.221. The van der Waals surface area contributed by atoms with Crippen molar-refractivity contribution in [1.29, 1.82) is 0 Å². The van der Waals surface area contributed by atoms with Crippen LogP contribution in [0.2, 0.25) is 0 Å². The van der Waals surface area contributed by atoms with Crippen LogP contribution in [0.15, 0.2) is 0 Å². The van der Waals surface area contributed by atoms with Gasteiger partial charge in [0.15, 0.2) is 0 Å². The Kier molecular flexibility index (Phi) is 2.53. The van der Waals surface area contributed by atoms with Crippen molar-refractivity contribution in [3.05, 3.63) is 0 Å². The first kappa shape index (κ1) is 10.9. The zero-order chi connectivity index (χ0) is 11.2. The van der Waals surface area contributed by atoms with Gasteiger partial charge < -0.3 is 4.90 Å². The first-order valence-electron chi connectivity index (χ1n) is 5.92. The molecule has 0 aliphatic carbocycles. The minimum atomic E-state index is 0.221. The molecule has 0 saturated carbocycles. The van der Waals surface area contributed by atoms with E-state index < -0.39 is 0 Å². The Hall–Kier alpha value is -0.570. The summed E-state index contributed by atoms with van der Waals surface area (Å²) in [4.78, 5) is 16.3. The molecule has 86 valence electrons. The third-order valence-electron chi connectivity index (χ3n) is 3.56. The van der Waals surface area contributed by atoms with Gasteiger partial charge >= 0.3 is 0 Å². The molecular weight excluding hydrogens is 188 g/mol. The highest BCUT2D eigenvalue weighted by molar-refractivity contribution is 5.81. The zero-order valence-corrected chi connectivity index (χ0v) is 10.3. The zero-order valence-electron chi connectivity index (χ0n) is 10.3. The van der Waals surface area contributed by atoms with Crippen LogP contribution in [0, 0.1) is 11.8 Å². The second-order valence-corrected chi connectivity index (χ2v) is 6.12. The maximum absolute atomic E-state index is 11.9. The fourth-order valence-corrected chi connectivity index (χ4v) is 2.32. The number of carbonyl (C=O) groups is 1. The van der Waals surface area contributed by atoms with E-state index in [9.17, 15) is 4.79 Å². The number of amides is 1. The van der Waals surface area contributed by atoms with Gasteiger partial charge in [-0.15, -0.1) is 0 Å². The van der Waals surface area contributed by atoms with E-state index in [0.29, 0.717) is 11.8 Å². The lowest BCUT2D eigenvalue weighted by molar-refractivity contribution is -0.149. The predicted octanol–water partition coefficient (Wildman–Crippen LogP) is 1.19. The molecule has 0 N–H and O–H groups in total. The highest BCUT2D eigenvalue weighted by Crippen LogP contribution is 2.28. The molecule has 0 atom stereocenters. The van der Waals surface area contributed by atoms with Crippen LogP contribution in [-0.4, -0.2) is 47.4 Å². The van der Waals surface area contributed by atoms with Gasteiger partial charge in [0.1, 0.15) is 0 Å². The van der Waals surface area contributed by atoms with Crippen molar-refractivity contribution in [3.63, 3.8) is 0 Å². The van der Waals surface area contributed by atoms with Crippen LogP contribution in [-0.2, 0) is 4.79 Å². The number of carbonyl (C=O) groups excluding carboxylic acids is 1. The number of likely N-dealkylation sites (tertiary alicyclic amines) is 2. The highest BCUT2D eigenvalue weighted by atomic mass is 16.2. The van der Waals surface area contributed by atoms with E-state index in [4.69, 9.17) is 0 Å². The van der Waals surface area contributed by atoms with Crippen molar-refractivity contribution in [2.24, 2.45) is 11.8 Å². The first-order valence-corrected chi connectivity index (χ1v) is 5.92. The van der Waals surface area contributed by atoms with Gasteiger partial charge in [0.2, 0.25) is 5.91 Å². The molecular formula is C12H22N2O. The Labute approximate surface area is 92.4 Å². The third-order valence-corrected chi connectivity index (χ3v) is 3.56. The average Bonchev–Trinajstić information content (AvgIpc) is 1.92. The van der Waals surface area contributed by atoms with Gasteiger partial charge in [0.25, 0.3) is 0 Å². The molecule has 2 saturated heterocycles. The molecule has 2 aliphatic rings. The van der Waals surface area contributed by atoms with Crippen LogP contribution in [0.25, 0.3) is 0 Å². The molecule has 2 aliphatic heterocycles. The lowest BCUT2D eigenvalue weighted by atomic mass is 9.89. The lowest BCUT2D eigenvalue weighted by Crippen LogP contribution is -2.62. The third kappa shape index (κ3) is 2.03. The van der Waals surface area contributed by atoms with Crippen LogP contribution in [0.5, 0.6) is 0 Å². The monoisotopic (exact) mass is 210 g/mol. The van der Waals surface area contributed by atoms with Crippen LogP contribution in [0.3, 0.4) is 0 Å².